The molecule has 3 nitrogen and oxygen atoms in total. The number of rotatable bonds is 6. The second-order valence-electron chi connectivity index (χ2n) is 4.17. The highest BCUT2D eigenvalue weighted by Crippen LogP contribution is 2.08. The Labute approximate surface area is 103 Å². The van der Waals surface area contributed by atoms with E-state index in [9.17, 15) is 0 Å². The van der Waals surface area contributed by atoms with Crippen molar-refractivity contribution in [3.05, 3.63) is 23.2 Å². The van der Waals surface area contributed by atoms with E-state index in [0.717, 1.165) is 31.2 Å². The predicted octanol–water partition coefficient (Wildman–Crippen LogP) is 3.00. The SMILES string of the molecule is CCC(C)CN(CC)Cc1cnc(Cl)cn1. The molecule has 0 fully saturated rings. The van der Waals surface area contributed by atoms with E-state index in [1.807, 2.05) is 0 Å². The van der Waals surface area contributed by atoms with Crippen LogP contribution in [0.25, 0.3) is 0 Å². The molecule has 16 heavy (non-hydrogen) atoms. The lowest BCUT2D eigenvalue weighted by Crippen LogP contribution is -2.28. The molecule has 1 aromatic heterocycles. The van der Waals surface area contributed by atoms with Crippen molar-refractivity contribution in [1.29, 1.82) is 0 Å². The van der Waals surface area contributed by atoms with Crippen LogP contribution in [0.1, 0.15) is 32.9 Å². The first-order valence-electron chi connectivity index (χ1n) is 5.84. The molecule has 0 aliphatic rings. The Morgan fingerprint density at radius 3 is 2.56 bits per heavy atom. The van der Waals surface area contributed by atoms with Crippen molar-refractivity contribution in [1.82, 2.24) is 14.9 Å². The summed E-state index contributed by atoms with van der Waals surface area (Å²) in [4.78, 5) is 10.7. The molecule has 0 radical (unpaired) electrons. The van der Waals surface area contributed by atoms with Gasteiger partial charge in [0, 0.05) is 13.1 Å². The van der Waals surface area contributed by atoms with Crippen molar-refractivity contribution in [2.75, 3.05) is 13.1 Å². The van der Waals surface area contributed by atoms with Crippen LogP contribution >= 0.6 is 11.6 Å². The van der Waals surface area contributed by atoms with E-state index < -0.39 is 0 Å². The molecule has 1 aromatic rings. The lowest BCUT2D eigenvalue weighted by molar-refractivity contribution is 0.235. The van der Waals surface area contributed by atoms with Gasteiger partial charge in [0.2, 0.25) is 0 Å². The number of halogens is 1. The van der Waals surface area contributed by atoms with Crippen molar-refractivity contribution in [3.63, 3.8) is 0 Å². The number of aromatic nitrogens is 2. The predicted molar refractivity (Wildman–Crippen MR) is 67.4 cm³/mol. The van der Waals surface area contributed by atoms with Crippen LogP contribution in [0.2, 0.25) is 5.15 Å². The molecule has 0 spiro atoms. The van der Waals surface area contributed by atoms with E-state index in [4.69, 9.17) is 11.6 Å². The molecule has 1 atom stereocenters. The minimum Gasteiger partial charge on any atom is -0.297 e. The van der Waals surface area contributed by atoms with Crippen LogP contribution in [0.3, 0.4) is 0 Å². The summed E-state index contributed by atoms with van der Waals surface area (Å²) >= 11 is 5.70. The molecular formula is C12H20ClN3. The zero-order valence-electron chi connectivity index (χ0n) is 10.3. The molecule has 0 saturated carbocycles. The standard InChI is InChI=1S/C12H20ClN3/c1-4-10(3)8-16(5-2)9-11-6-15-12(13)7-14-11/h6-7,10H,4-5,8-9H2,1-3H3. The van der Waals surface area contributed by atoms with Gasteiger partial charge in [0.15, 0.2) is 0 Å². The van der Waals surface area contributed by atoms with Gasteiger partial charge in [-0.3, -0.25) is 9.88 Å². The average molecular weight is 242 g/mol. The molecule has 90 valence electrons. The highest BCUT2D eigenvalue weighted by molar-refractivity contribution is 6.29. The van der Waals surface area contributed by atoms with Crippen molar-refractivity contribution in [3.8, 4) is 0 Å². The van der Waals surface area contributed by atoms with Crippen molar-refractivity contribution in [2.24, 2.45) is 5.92 Å². The van der Waals surface area contributed by atoms with Crippen LogP contribution in [0, 0.1) is 5.92 Å². The zero-order chi connectivity index (χ0) is 12.0. The molecule has 0 N–H and O–H groups in total. The van der Waals surface area contributed by atoms with Crippen LogP contribution in [0.15, 0.2) is 12.4 Å². The largest absolute Gasteiger partial charge is 0.297 e. The lowest BCUT2D eigenvalue weighted by atomic mass is 10.1. The van der Waals surface area contributed by atoms with Gasteiger partial charge in [-0.2, -0.15) is 0 Å². The third-order valence-electron chi connectivity index (χ3n) is 2.77. The van der Waals surface area contributed by atoms with E-state index in [1.54, 1.807) is 12.4 Å². The molecule has 0 bridgehead atoms. The second-order valence-corrected chi connectivity index (χ2v) is 4.56. The second kappa shape index (κ2) is 6.81. The minimum atomic E-state index is 0.453. The zero-order valence-corrected chi connectivity index (χ0v) is 11.0. The van der Waals surface area contributed by atoms with E-state index in [0.29, 0.717) is 5.15 Å². The molecule has 0 saturated heterocycles. The monoisotopic (exact) mass is 241 g/mol. The number of hydrogen-bond donors (Lipinski definition) is 0. The van der Waals surface area contributed by atoms with Gasteiger partial charge in [-0.15, -0.1) is 0 Å². The van der Waals surface area contributed by atoms with Gasteiger partial charge >= 0.3 is 0 Å². The van der Waals surface area contributed by atoms with Gasteiger partial charge in [-0.25, -0.2) is 4.98 Å². The summed E-state index contributed by atoms with van der Waals surface area (Å²) in [5.74, 6) is 0.722. The summed E-state index contributed by atoms with van der Waals surface area (Å²) in [5, 5.41) is 0.453. The first-order chi connectivity index (χ1) is 7.65. The van der Waals surface area contributed by atoms with Crippen molar-refractivity contribution < 1.29 is 0 Å². The third-order valence-corrected chi connectivity index (χ3v) is 2.97. The molecular weight excluding hydrogens is 222 g/mol. The summed E-state index contributed by atoms with van der Waals surface area (Å²) in [6, 6.07) is 0. The highest BCUT2D eigenvalue weighted by Gasteiger charge is 2.08. The average Bonchev–Trinajstić information content (AvgIpc) is 2.30. The fraction of sp³-hybridized carbons (Fsp3) is 0.667. The summed E-state index contributed by atoms with van der Waals surface area (Å²) < 4.78 is 0. The highest BCUT2D eigenvalue weighted by atomic mass is 35.5. The molecule has 1 rings (SSSR count). The van der Waals surface area contributed by atoms with Crippen molar-refractivity contribution >= 4 is 11.6 Å². The summed E-state index contributed by atoms with van der Waals surface area (Å²) in [7, 11) is 0. The number of nitrogens with zero attached hydrogens (tertiary/aromatic N) is 3. The van der Waals surface area contributed by atoms with Gasteiger partial charge < -0.3 is 0 Å². The maximum atomic E-state index is 5.70. The van der Waals surface area contributed by atoms with Gasteiger partial charge in [0.05, 0.1) is 18.1 Å². The Balaban J connectivity index is 2.52. The minimum absolute atomic E-state index is 0.453. The number of hydrogen-bond acceptors (Lipinski definition) is 3. The van der Waals surface area contributed by atoms with Crippen LogP contribution in [0.4, 0.5) is 0 Å². The van der Waals surface area contributed by atoms with Crippen LogP contribution in [0.5, 0.6) is 0 Å². The maximum Gasteiger partial charge on any atom is 0.147 e. The molecule has 0 aliphatic carbocycles. The Kier molecular flexibility index (Phi) is 5.71. The van der Waals surface area contributed by atoms with E-state index >= 15 is 0 Å². The lowest BCUT2D eigenvalue weighted by Gasteiger charge is -2.23. The fourth-order valence-electron chi connectivity index (χ4n) is 1.53. The normalized spacial score (nSPS) is 13.1. The third kappa shape index (κ3) is 4.45. The Bertz CT molecular complexity index is 300. The molecule has 0 aromatic carbocycles. The molecule has 4 heteroatoms. The van der Waals surface area contributed by atoms with Gasteiger partial charge in [-0.05, 0) is 12.5 Å². The quantitative estimate of drug-likeness (QED) is 0.767. The smallest absolute Gasteiger partial charge is 0.147 e. The molecule has 0 amide bonds. The molecule has 1 unspecified atom stereocenters. The topological polar surface area (TPSA) is 29.0 Å². The van der Waals surface area contributed by atoms with Crippen LogP contribution in [-0.4, -0.2) is 28.0 Å². The Morgan fingerprint density at radius 1 is 1.31 bits per heavy atom. The van der Waals surface area contributed by atoms with Gasteiger partial charge in [0.1, 0.15) is 5.15 Å². The summed E-state index contributed by atoms with van der Waals surface area (Å²) in [5.41, 5.74) is 0.981. The fourth-order valence-corrected chi connectivity index (χ4v) is 1.62. The maximum absolute atomic E-state index is 5.70. The van der Waals surface area contributed by atoms with Crippen LogP contribution in [-0.2, 0) is 6.54 Å². The summed E-state index contributed by atoms with van der Waals surface area (Å²) in [6.07, 6.45) is 4.57. The van der Waals surface area contributed by atoms with E-state index in [-0.39, 0.29) is 0 Å². The summed E-state index contributed by atoms with van der Waals surface area (Å²) in [6.45, 7) is 9.67. The first kappa shape index (κ1) is 13.4. The van der Waals surface area contributed by atoms with E-state index in [2.05, 4.69) is 35.6 Å². The van der Waals surface area contributed by atoms with E-state index in [1.165, 1.54) is 6.42 Å². The molecule has 0 aliphatic heterocycles. The van der Waals surface area contributed by atoms with Crippen LogP contribution < -0.4 is 0 Å². The van der Waals surface area contributed by atoms with Gasteiger partial charge in [0.25, 0.3) is 0 Å². The van der Waals surface area contributed by atoms with Crippen molar-refractivity contribution in [2.45, 2.75) is 33.7 Å². The van der Waals surface area contributed by atoms with Gasteiger partial charge in [-0.1, -0.05) is 38.8 Å². The Morgan fingerprint density at radius 2 is 2.06 bits per heavy atom. The molecule has 1 heterocycles. The first-order valence-corrected chi connectivity index (χ1v) is 6.22. The Hall–Kier alpha value is -0.670.